The zero-order chi connectivity index (χ0) is 17.3. The van der Waals surface area contributed by atoms with E-state index in [1.54, 1.807) is 25.1 Å². The van der Waals surface area contributed by atoms with Gasteiger partial charge >= 0.3 is 0 Å². The number of nitrogens with one attached hydrogen (secondary N) is 1. The molecule has 2 atom stereocenters. The molecule has 1 fully saturated rings. The van der Waals surface area contributed by atoms with E-state index in [9.17, 15) is 14.9 Å². The maximum absolute atomic E-state index is 12.7. The molecule has 1 saturated carbocycles. The molecule has 1 heterocycles. The molecule has 2 aromatic rings. The molecule has 0 aliphatic heterocycles. The number of nitriles is 1. The van der Waals surface area contributed by atoms with Gasteiger partial charge in [-0.15, -0.1) is 0 Å². The van der Waals surface area contributed by atoms with Gasteiger partial charge in [-0.3, -0.25) is 9.59 Å². The number of benzene rings is 1. The van der Waals surface area contributed by atoms with Crippen molar-refractivity contribution in [3.63, 3.8) is 0 Å². The third-order valence-corrected chi connectivity index (χ3v) is 4.50. The van der Waals surface area contributed by atoms with Crippen molar-refractivity contribution in [2.75, 3.05) is 6.61 Å². The summed E-state index contributed by atoms with van der Waals surface area (Å²) in [6.45, 7) is 2.10. The van der Waals surface area contributed by atoms with Crippen LogP contribution in [0.5, 0.6) is 0 Å². The maximum atomic E-state index is 12.7. The smallest absolute Gasteiger partial charge is 0.189 e. The normalized spacial score (nSPS) is 16.5. The lowest BCUT2D eigenvalue weighted by Crippen LogP contribution is -2.33. The first-order valence-electron chi connectivity index (χ1n) is 7.87. The number of carbonyl (C=O) groups excluding carboxylic acids is 2. The molecular weight excluding hydrogens is 328 g/mol. The average Bonchev–Trinajstić information content (AvgIpc) is 3.31. The molecule has 124 valence electrons. The van der Waals surface area contributed by atoms with Crippen LogP contribution in [0.3, 0.4) is 0 Å². The largest absolute Gasteiger partial charge is 0.370 e. The van der Waals surface area contributed by atoms with Crippen LogP contribution in [0.25, 0.3) is 10.9 Å². The second-order valence-corrected chi connectivity index (χ2v) is 6.58. The second-order valence-electron chi connectivity index (χ2n) is 6.14. The summed E-state index contributed by atoms with van der Waals surface area (Å²) < 4.78 is 5.50. The van der Waals surface area contributed by atoms with Crippen LogP contribution in [0.1, 0.15) is 30.1 Å². The minimum atomic E-state index is -1.37. The fourth-order valence-corrected chi connectivity index (χ4v) is 2.76. The van der Waals surface area contributed by atoms with Crippen LogP contribution in [0.15, 0.2) is 24.4 Å². The zero-order valence-electron chi connectivity index (χ0n) is 13.2. The van der Waals surface area contributed by atoms with Gasteiger partial charge in [-0.05, 0) is 37.8 Å². The van der Waals surface area contributed by atoms with Crippen LogP contribution >= 0.6 is 11.6 Å². The first-order chi connectivity index (χ1) is 11.5. The summed E-state index contributed by atoms with van der Waals surface area (Å²) in [5, 5.41) is 10.5. The number of ether oxygens (including phenoxy) is 1. The molecule has 0 amide bonds. The molecule has 24 heavy (non-hydrogen) atoms. The quantitative estimate of drug-likeness (QED) is 0.615. The Morgan fingerprint density at radius 1 is 1.46 bits per heavy atom. The number of halogens is 1. The van der Waals surface area contributed by atoms with Crippen LogP contribution < -0.4 is 0 Å². The zero-order valence-corrected chi connectivity index (χ0v) is 14.0. The number of rotatable bonds is 7. The molecule has 0 radical (unpaired) electrons. The Morgan fingerprint density at radius 3 is 2.88 bits per heavy atom. The molecule has 0 spiro atoms. The van der Waals surface area contributed by atoms with Crippen molar-refractivity contribution in [2.24, 2.45) is 11.8 Å². The van der Waals surface area contributed by atoms with Crippen molar-refractivity contribution >= 4 is 34.1 Å². The molecule has 1 aliphatic rings. The van der Waals surface area contributed by atoms with Crippen LogP contribution in [-0.4, -0.2) is 29.3 Å². The summed E-state index contributed by atoms with van der Waals surface area (Å²) in [5.41, 5.74) is 1.00. The number of H-pyrrole nitrogens is 1. The summed E-state index contributed by atoms with van der Waals surface area (Å²) in [7, 11) is 0. The van der Waals surface area contributed by atoms with Gasteiger partial charge in [-0.1, -0.05) is 17.7 Å². The number of nitrogens with zero attached hydrogens (tertiary/aromatic N) is 1. The summed E-state index contributed by atoms with van der Waals surface area (Å²) in [6, 6.07) is 6.89. The fourth-order valence-electron chi connectivity index (χ4n) is 2.59. The van der Waals surface area contributed by atoms with Gasteiger partial charge < -0.3 is 9.72 Å². The monoisotopic (exact) mass is 344 g/mol. The minimum absolute atomic E-state index is 0.316. The number of fused-ring (bicyclic) bond motifs is 1. The highest BCUT2D eigenvalue weighted by Gasteiger charge is 2.33. The van der Waals surface area contributed by atoms with Crippen LogP contribution in [0.4, 0.5) is 0 Å². The Hall–Kier alpha value is -2.16. The molecular formula is C18H17ClN2O3. The number of hydrogen-bond acceptors (Lipinski definition) is 4. The molecule has 1 aromatic heterocycles. The predicted octanol–water partition coefficient (Wildman–Crippen LogP) is 3.53. The lowest BCUT2D eigenvalue weighted by Gasteiger charge is -2.14. The maximum Gasteiger partial charge on any atom is 0.189 e. The highest BCUT2D eigenvalue weighted by Crippen LogP contribution is 2.29. The van der Waals surface area contributed by atoms with Gasteiger partial charge in [0, 0.05) is 27.7 Å². The van der Waals surface area contributed by atoms with E-state index < -0.39 is 23.6 Å². The molecule has 5 nitrogen and oxygen atoms in total. The third-order valence-electron chi connectivity index (χ3n) is 4.26. The lowest BCUT2D eigenvalue weighted by atomic mass is 9.92. The first-order valence-corrected chi connectivity index (χ1v) is 8.25. The Kier molecular flexibility index (Phi) is 4.70. The van der Waals surface area contributed by atoms with E-state index in [2.05, 4.69) is 4.98 Å². The van der Waals surface area contributed by atoms with Crippen molar-refractivity contribution < 1.29 is 14.3 Å². The highest BCUT2D eigenvalue weighted by atomic mass is 35.5. The number of ketones is 2. The number of hydrogen-bond donors (Lipinski definition) is 1. The van der Waals surface area contributed by atoms with Crippen LogP contribution in [0.2, 0.25) is 5.02 Å². The summed E-state index contributed by atoms with van der Waals surface area (Å²) >= 11 is 5.93. The van der Waals surface area contributed by atoms with E-state index in [1.807, 2.05) is 6.07 Å². The molecule has 1 aliphatic carbocycles. The average molecular weight is 345 g/mol. The van der Waals surface area contributed by atoms with Crippen LogP contribution in [-0.2, 0) is 9.53 Å². The minimum Gasteiger partial charge on any atom is -0.370 e. The molecule has 1 aromatic carbocycles. The van der Waals surface area contributed by atoms with Gasteiger partial charge in [0.15, 0.2) is 17.5 Å². The second kappa shape index (κ2) is 6.76. The number of aromatic nitrogens is 1. The van der Waals surface area contributed by atoms with Gasteiger partial charge in [0.2, 0.25) is 0 Å². The summed E-state index contributed by atoms with van der Waals surface area (Å²) in [6.07, 6.45) is 2.97. The Balaban J connectivity index is 1.79. The van der Waals surface area contributed by atoms with E-state index in [-0.39, 0.29) is 0 Å². The molecule has 0 unspecified atom stereocenters. The molecule has 3 rings (SSSR count). The summed E-state index contributed by atoms with van der Waals surface area (Å²) in [5.74, 6) is -1.87. The summed E-state index contributed by atoms with van der Waals surface area (Å²) in [4.78, 5) is 28.1. The molecule has 1 N–H and O–H groups in total. The van der Waals surface area contributed by atoms with Gasteiger partial charge in [-0.2, -0.15) is 5.26 Å². The van der Waals surface area contributed by atoms with Crippen molar-refractivity contribution in [1.29, 1.82) is 5.26 Å². The first kappa shape index (κ1) is 16.7. The molecule has 6 heteroatoms. The SMILES string of the molecule is C[C@H](OCC1CC1)C(=O)[C@@H](C#N)C(=O)c1c[nH]c2cc(Cl)ccc12. The Morgan fingerprint density at radius 2 is 2.21 bits per heavy atom. The van der Waals surface area contributed by atoms with Gasteiger partial charge in [0.05, 0.1) is 12.7 Å². The fraction of sp³-hybridized carbons (Fsp3) is 0.389. The van der Waals surface area contributed by atoms with E-state index in [0.29, 0.717) is 34.0 Å². The highest BCUT2D eigenvalue weighted by molar-refractivity contribution is 6.31. The van der Waals surface area contributed by atoms with Crippen molar-refractivity contribution in [3.05, 3.63) is 35.0 Å². The standard InChI is InChI=1S/C18H17ClN2O3/c1-10(24-9-11-2-3-11)17(22)14(7-20)18(23)15-8-21-16-6-12(19)4-5-13(15)16/h4-6,8,10-11,14,21H,2-3,9H2,1H3/t10-,14+/m0/s1. The van der Waals surface area contributed by atoms with Crippen molar-refractivity contribution in [2.45, 2.75) is 25.9 Å². The molecule has 0 bridgehead atoms. The Bertz CT molecular complexity index is 832. The van der Waals surface area contributed by atoms with Crippen LogP contribution in [0, 0.1) is 23.2 Å². The van der Waals surface area contributed by atoms with E-state index in [0.717, 1.165) is 12.8 Å². The number of carbonyl (C=O) groups is 2. The third kappa shape index (κ3) is 3.35. The van der Waals surface area contributed by atoms with Crippen molar-refractivity contribution in [1.82, 2.24) is 4.98 Å². The molecule has 0 saturated heterocycles. The number of aromatic amines is 1. The lowest BCUT2D eigenvalue weighted by molar-refractivity contribution is -0.130. The van der Waals surface area contributed by atoms with E-state index in [1.165, 1.54) is 6.20 Å². The van der Waals surface area contributed by atoms with E-state index >= 15 is 0 Å². The van der Waals surface area contributed by atoms with E-state index in [4.69, 9.17) is 16.3 Å². The van der Waals surface area contributed by atoms with Gasteiger partial charge in [-0.25, -0.2) is 0 Å². The van der Waals surface area contributed by atoms with Gasteiger partial charge in [0.25, 0.3) is 0 Å². The predicted molar refractivity (Wildman–Crippen MR) is 89.9 cm³/mol. The van der Waals surface area contributed by atoms with Gasteiger partial charge in [0.1, 0.15) is 6.10 Å². The Labute approximate surface area is 144 Å². The van der Waals surface area contributed by atoms with Crippen molar-refractivity contribution in [3.8, 4) is 6.07 Å². The number of Topliss-reactive ketones (excluding diaryl/α,β-unsaturated/α-hetero) is 2. The topological polar surface area (TPSA) is 82.9 Å².